The SMILES string of the molecule is c1ccc2c(-c3c4ccccc4c(-c4ccc(-c5c6ccccc6cc6c5oc5ccc7oc8ccccc8c7c56)c5ccccc45)c4ccccc34)cccc2c1. The van der Waals surface area contributed by atoms with E-state index in [1.54, 1.807) is 0 Å². The second-order valence-electron chi connectivity index (χ2n) is 15.4. The van der Waals surface area contributed by atoms with Gasteiger partial charge in [-0.25, -0.2) is 0 Å². The maximum absolute atomic E-state index is 7.00. The predicted molar refractivity (Wildman–Crippen MR) is 245 cm³/mol. The lowest BCUT2D eigenvalue weighted by Crippen LogP contribution is -1.93. The molecule has 13 rings (SSSR count). The molecule has 268 valence electrons. The minimum Gasteiger partial charge on any atom is -0.456 e. The third-order valence-electron chi connectivity index (χ3n) is 12.4. The molecule has 0 aliphatic heterocycles. The van der Waals surface area contributed by atoms with Crippen LogP contribution in [0.5, 0.6) is 0 Å². The van der Waals surface area contributed by atoms with Gasteiger partial charge in [-0.05, 0) is 106 Å². The van der Waals surface area contributed by atoms with Gasteiger partial charge in [0.25, 0.3) is 0 Å². The molecule has 0 N–H and O–H groups in total. The fourth-order valence-electron chi connectivity index (χ4n) is 10.0. The van der Waals surface area contributed by atoms with E-state index in [0.717, 1.165) is 60.4 Å². The Morgan fingerprint density at radius 1 is 0.241 bits per heavy atom. The molecule has 0 aliphatic rings. The third-order valence-corrected chi connectivity index (χ3v) is 12.4. The first-order chi connectivity index (χ1) is 28.8. The molecular weight excluding hydrogens is 705 g/mol. The Morgan fingerprint density at radius 3 is 1.34 bits per heavy atom. The largest absolute Gasteiger partial charge is 0.456 e. The first kappa shape index (κ1) is 31.5. The van der Waals surface area contributed by atoms with Gasteiger partial charge in [0, 0.05) is 27.1 Å². The maximum atomic E-state index is 7.00. The molecule has 0 atom stereocenters. The highest BCUT2D eigenvalue weighted by Gasteiger charge is 2.24. The predicted octanol–water partition coefficient (Wildman–Crippen LogP) is 16.3. The van der Waals surface area contributed by atoms with Crippen molar-refractivity contribution in [2.75, 3.05) is 0 Å². The van der Waals surface area contributed by atoms with Gasteiger partial charge < -0.3 is 8.83 Å². The minimum absolute atomic E-state index is 0.857. The highest BCUT2D eigenvalue weighted by Crippen LogP contribution is 2.50. The second kappa shape index (κ2) is 11.9. The molecule has 11 aromatic carbocycles. The van der Waals surface area contributed by atoms with Crippen LogP contribution in [0.25, 0.3) is 131 Å². The van der Waals surface area contributed by atoms with Crippen molar-refractivity contribution in [2.24, 2.45) is 0 Å². The summed E-state index contributed by atoms with van der Waals surface area (Å²) in [5.41, 5.74) is 10.7. The fraction of sp³-hybridized carbons (Fsp3) is 0. The van der Waals surface area contributed by atoms with Crippen molar-refractivity contribution in [2.45, 2.75) is 0 Å². The van der Waals surface area contributed by atoms with Crippen LogP contribution in [0.15, 0.2) is 203 Å². The van der Waals surface area contributed by atoms with Crippen LogP contribution in [-0.2, 0) is 0 Å². The molecule has 2 nitrogen and oxygen atoms in total. The molecule has 0 aliphatic carbocycles. The first-order valence-corrected chi connectivity index (χ1v) is 19.9. The smallest absolute Gasteiger partial charge is 0.143 e. The molecule has 0 bridgehead atoms. The van der Waals surface area contributed by atoms with Crippen molar-refractivity contribution >= 4 is 97.7 Å². The topological polar surface area (TPSA) is 26.3 Å². The summed E-state index contributed by atoms with van der Waals surface area (Å²) in [4.78, 5) is 0. The first-order valence-electron chi connectivity index (χ1n) is 19.9. The fourth-order valence-corrected chi connectivity index (χ4v) is 10.0. The van der Waals surface area contributed by atoms with Crippen molar-refractivity contribution in [3.05, 3.63) is 194 Å². The zero-order valence-corrected chi connectivity index (χ0v) is 31.3. The normalized spacial score (nSPS) is 12.1. The van der Waals surface area contributed by atoms with Crippen molar-refractivity contribution in [3.8, 4) is 33.4 Å². The zero-order chi connectivity index (χ0) is 37.9. The van der Waals surface area contributed by atoms with E-state index in [9.17, 15) is 0 Å². The molecule has 58 heavy (non-hydrogen) atoms. The van der Waals surface area contributed by atoms with E-state index in [-0.39, 0.29) is 0 Å². The minimum atomic E-state index is 0.857. The summed E-state index contributed by atoms with van der Waals surface area (Å²) >= 11 is 0. The summed E-state index contributed by atoms with van der Waals surface area (Å²) < 4.78 is 13.4. The van der Waals surface area contributed by atoms with E-state index in [1.165, 1.54) is 70.7 Å². The number of rotatable bonds is 3. The average molecular weight is 737 g/mol. The Bertz CT molecular complexity index is 3800. The lowest BCUT2D eigenvalue weighted by Gasteiger charge is -2.20. The summed E-state index contributed by atoms with van der Waals surface area (Å²) in [6.07, 6.45) is 0. The number of furan rings is 2. The van der Waals surface area contributed by atoms with Gasteiger partial charge in [-0.2, -0.15) is 0 Å². The Labute approximate surface area is 332 Å². The Balaban J connectivity index is 1.13. The van der Waals surface area contributed by atoms with Crippen molar-refractivity contribution in [1.29, 1.82) is 0 Å². The summed E-state index contributed by atoms with van der Waals surface area (Å²) in [7, 11) is 0. The summed E-state index contributed by atoms with van der Waals surface area (Å²) in [5.74, 6) is 0. The molecule has 2 heterocycles. The van der Waals surface area contributed by atoms with E-state index in [4.69, 9.17) is 8.83 Å². The lowest BCUT2D eigenvalue weighted by atomic mass is 9.82. The van der Waals surface area contributed by atoms with Crippen molar-refractivity contribution < 1.29 is 8.83 Å². The molecule has 0 spiro atoms. The average Bonchev–Trinajstić information content (AvgIpc) is 3.85. The number of para-hydroxylation sites is 1. The number of hydrogen-bond acceptors (Lipinski definition) is 2. The van der Waals surface area contributed by atoms with Crippen LogP contribution in [-0.4, -0.2) is 0 Å². The van der Waals surface area contributed by atoms with Crippen LogP contribution >= 0.6 is 0 Å². The van der Waals surface area contributed by atoms with E-state index in [0.29, 0.717) is 0 Å². The molecule has 2 heteroatoms. The van der Waals surface area contributed by atoms with Crippen LogP contribution in [0.4, 0.5) is 0 Å². The van der Waals surface area contributed by atoms with Crippen LogP contribution in [0.2, 0.25) is 0 Å². The van der Waals surface area contributed by atoms with E-state index in [2.05, 4.69) is 176 Å². The summed E-state index contributed by atoms with van der Waals surface area (Å²) in [5, 5.41) is 16.6. The van der Waals surface area contributed by atoms with Crippen molar-refractivity contribution in [3.63, 3.8) is 0 Å². The molecule has 2 aromatic heterocycles. The molecule has 0 unspecified atom stereocenters. The molecule has 0 radical (unpaired) electrons. The molecule has 13 aromatic rings. The second-order valence-corrected chi connectivity index (χ2v) is 15.4. The van der Waals surface area contributed by atoms with Gasteiger partial charge in [-0.1, -0.05) is 170 Å². The Hall–Kier alpha value is -7.68. The van der Waals surface area contributed by atoms with Gasteiger partial charge in [0.2, 0.25) is 0 Å². The van der Waals surface area contributed by atoms with Gasteiger partial charge in [-0.3, -0.25) is 0 Å². The maximum Gasteiger partial charge on any atom is 0.143 e. The molecule has 0 saturated carbocycles. The van der Waals surface area contributed by atoms with Crippen LogP contribution in [0.3, 0.4) is 0 Å². The van der Waals surface area contributed by atoms with Crippen LogP contribution < -0.4 is 0 Å². The van der Waals surface area contributed by atoms with Gasteiger partial charge in [-0.15, -0.1) is 0 Å². The summed E-state index contributed by atoms with van der Waals surface area (Å²) in [6.45, 7) is 0. The molecular formula is C56H32O2. The van der Waals surface area contributed by atoms with Crippen LogP contribution in [0, 0.1) is 0 Å². The lowest BCUT2D eigenvalue weighted by molar-refractivity contribution is 0.663. The van der Waals surface area contributed by atoms with Crippen molar-refractivity contribution in [1.82, 2.24) is 0 Å². The van der Waals surface area contributed by atoms with Crippen LogP contribution in [0.1, 0.15) is 0 Å². The van der Waals surface area contributed by atoms with Gasteiger partial charge in [0.05, 0.1) is 0 Å². The van der Waals surface area contributed by atoms with Gasteiger partial charge in [0.15, 0.2) is 0 Å². The number of hydrogen-bond donors (Lipinski definition) is 0. The number of benzene rings is 11. The zero-order valence-electron chi connectivity index (χ0n) is 31.3. The number of fused-ring (bicyclic) bond motifs is 12. The summed E-state index contributed by atoms with van der Waals surface area (Å²) in [6, 6.07) is 70.3. The molecule has 0 amide bonds. The van der Waals surface area contributed by atoms with Gasteiger partial charge >= 0.3 is 0 Å². The quantitative estimate of drug-likeness (QED) is 0.169. The van der Waals surface area contributed by atoms with E-state index in [1.807, 2.05) is 18.2 Å². The highest BCUT2D eigenvalue weighted by molar-refractivity contribution is 6.31. The standard InChI is InChI=1S/C56H32O2/c1-3-17-35-33(14-1)16-13-26-39(35)51-40-21-7-9-23-42(40)52(43-24-10-8-22-41(43)51)44-28-29-45(38-20-6-5-19-37(38)44)53-36-18-4-2-15-34(36)32-47-55-50(58-56(47)53)31-30-49-54(55)46-25-11-12-27-48(46)57-49/h1-32H. The highest BCUT2D eigenvalue weighted by atomic mass is 16.3. The Kier molecular flexibility index (Phi) is 6.47. The third kappa shape index (κ3) is 4.32. The monoisotopic (exact) mass is 736 g/mol. The Morgan fingerprint density at radius 2 is 0.690 bits per heavy atom. The van der Waals surface area contributed by atoms with E-state index < -0.39 is 0 Å². The van der Waals surface area contributed by atoms with Gasteiger partial charge in [0.1, 0.15) is 22.3 Å². The molecule has 0 fully saturated rings. The van der Waals surface area contributed by atoms with E-state index >= 15 is 0 Å². The molecule has 0 saturated heterocycles.